The van der Waals surface area contributed by atoms with Crippen LogP contribution in [0.25, 0.3) is 39.4 Å². The van der Waals surface area contributed by atoms with Gasteiger partial charge in [0.25, 0.3) is 0 Å². The summed E-state index contributed by atoms with van der Waals surface area (Å²) < 4.78 is 14.5. The average molecular weight is 436 g/mol. The highest BCUT2D eigenvalue weighted by atomic mass is 19.1. The van der Waals surface area contributed by atoms with Gasteiger partial charge in [-0.1, -0.05) is 38.1 Å². The zero-order chi connectivity index (χ0) is 22.7. The summed E-state index contributed by atoms with van der Waals surface area (Å²) >= 11 is 0. The highest BCUT2D eigenvalue weighted by Crippen LogP contribution is 2.45. The Morgan fingerprint density at radius 2 is 1.97 bits per heavy atom. The number of aromatic amines is 2. The number of H-pyrrole nitrogens is 2. The normalized spacial score (nSPS) is 14.9. The summed E-state index contributed by atoms with van der Waals surface area (Å²) in [5, 5.41) is 1.03. The number of nitrogens with zero attached hydrogens (tertiary/aromatic N) is 1. The molecule has 1 aliphatic carbocycles. The molecule has 0 fully saturated rings. The third kappa shape index (κ3) is 3.12. The molecule has 2 aliphatic rings. The number of aliphatic imine (C=N–C) groups is 1. The van der Waals surface area contributed by atoms with Gasteiger partial charge in [-0.05, 0) is 71.0 Å². The van der Waals surface area contributed by atoms with E-state index in [0.29, 0.717) is 0 Å². The van der Waals surface area contributed by atoms with Crippen LogP contribution in [0, 0.1) is 12.7 Å². The van der Waals surface area contributed by atoms with Gasteiger partial charge in [-0.2, -0.15) is 0 Å². The van der Waals surface area contributed by atoms with Gasteiger partial charge in [0.2, 0.25) is 0 Å². The lowest BCUT2D eigenvalue weighted by Crippen LogP contribution is -1.96. The van der Waals surface area contributed by atoms with E-state index in [1.54, 1.807) is 12.1 Å². The van der Waals surface area contributed by atoms with Crippen LogP contribution in [0.2, 0.25) is 0 Å². The summed E-state index contributed by atoms with van der Waals surface area (Å²) in [6.07, 6.45) is 9.33. The average Bonchev–Trinajstić information content (AvgIpc) is 3.56. The van der Waals surface area contributed by atoms with Crippen molar-refractivity contribution in [2.75, 3.05) is 6.54 Å². The Morgan fingerprint density at radius 3 is 2.76 bits per heavy atom. The van der Waals surface area contributed by atoms with Crippen LogP contribution in [0.1, 0.15) is 42.1 Å². The van der Waals surface area contributed by atoms with Gasteiger partial charge >= 0.3 is 0 Å². The molecule has 0 saturated heterocycles. The number of fused-ring (bicyclic) bond motifs is 2. The van der Waals surface area contributed by atoms with Gasteiger partial charge in [-0.15, -0.1) is 0 Å². The molecule has 3 nitrogen and oxygen atoms in total. The van der Waals surface area contributed by atoms with E-state index in [2.05, 4.69) is 72.2 Å². The fourth-order valence-electron chi connectivity index (χ4n) is 5.45. The van der Waals surface area contributed by atoms with Crippen molar-refractivity contribution in [3.63, 3.8) is 0 Å². The molecule has 2 N–H and O–H groups in total. The van der Waals surface area contributed by atoms with Gasteiger partial charge in [0.05, 0.1) is 18.0 Å². The minimum atomic E-state index is -0.234. The van der Waals surface area contributed by atoms with E-state index in [1.807, 2.05) is 12.3 Å². The van der Waals surface area contributed by atoms with Gasteiger partial charge < -0.3 is 9.97 Å². The van der Waals surface area contributed by atoms with E-state index in [4.69, 9.17) is 0 Å². The standard InChI is InChI=1S/C29H26FN3/c1-16(2)27-28(17(3)33-29(27)24-14-20(30)15-26-21(24)9-11-32-26)22-7-4-6-18-12-19(13-23(18)22)25-8-5-10-31-25/h4-9,11,13-16,32-33H,10,12H2,1-3H3. The number of allylic oxidation sites excluding steroid dienone is 2. The molecule has 2 aromatic heterocycles. The van der Waals surface area contributed by atoms with Crippen molar-refractivity contribution >= 4 is 22.7 Å². The number of aryl methyl sites for hydroxylation is 1. The first-order chi connectivity index (χ1) is 16.0. The highest BCUT2D eigenvalue weighted by Gasteiger charge is 2.26. The molecule has 1 aliphatic heterocycles. The molecule has 2 aromatic carbocycles. The van der Waals surface area contributed by atoms with Gasteiger partial charge in [-0.25, -0.2) is 4.39 Å². The Hall–Kier alpha value is -3.66. The topological polar surface area (TPSA) is 43.9 Å². The molecule has 0 radical (unpaired) electrons. The van der Waals surface area contributed by atoms with Crippen LogP contribution in [0.3, 0.4) is 0 Å². The summed E-state index contributed by atoms with van der Waals surface area (Å²) in [4.78, 5) is 11.4. The van der Waals surface area contributed by atoms with Crippen molar-refractivity contribution in [2.45, 2.75) is 33.1 Å². The van der Waals surface area contributed by atoms with Gasteiger partial charge in [0.1, 0.15) is 5.82 Å². The molecule has 0 saturated carbocycles. The molecule has 0 amide bonds. The van der Waals surface area contributed by atoms with Crippen LogP contribution in [0.5, 0.6) is 0 Å². The molecule has 0 bridgehead atoms. The fourth-order valence-corrected chi connectivity index (χ4v) is 5.45. The third-order valence-corrected chi connectivity index (χ3v) is 6.84. The van der Waals surface area contributed by atoms with Crippen LogP contribution >= 0.6 is 0 Å². The molecule has 0 unspecified atom stereocenters. The summed E-state index contributed by atoms with van der Waals surface area (Å²) in [5.41, 5.74) is 12.5. The Bertz CT molecular complexity index is 1510. The Labute approximate surface area is 192 Å². The Balaban J connectivity index is 1.58. The number of halogens is 1. The second-order valence-corrected chi connectivity index (χ2v) is 9.31. The number of rotatable bonds is 4. The SMILES string of the molecule is Cc1[nH]c(-c2cc(F)cc3[nH]ccc23)c(C(C)C)c1-c1cccc2c1C=C(C1=NCC=C1)C2. The maximum atomic E-state index is 14.5. The molecular weight excluding hydrogens is 409 g/mol. The van der Waals surface area contributed by atoms with Crippen LogP contribution in [-0.4, -0.2) is 22.2 Å². The smallest absolute Gasteiger partial charge is 0.125 e. The molecular formula is C29H26FN3. The number of hydrogen-bond donors (Lipinski definition) is 2. The molecule has 164 valence electrons. The zero-order valence-corrected chi connectivity index (χ0v) is 19.1. The fraction of sp³-hybridized carbons (Fsp3) is 0.207. The third-order valence-electron chi connectivity index (χ3n) is 6.84. The number of hydrogen-bond acceptors (Lipinski definition) is 1. The molecule has 4 aromatic rings. The van der Waals surface area contributed by atoms with E-state index >= 15 is 0 Å². The second-order valence-electron chi connectivity index (χ2n) is 9.31. The first-order valence-corrected chi connectivity index (χ1v) is 11.5. The number of aromatic nitrogens is 2. The van der Waals surface area contributed by atoms with E-state index in [0.717, 1.165) is 46.5 Å². The first kappa shape index (κ1) is 20.0. The van der Waals surface area contributed by atoms with E-state index in [9.17, 15) is 4.39 Å². The zero-order valence-electron chi connectivity index (χ0n) is 19.1. The minimum Gasteiger partial charge on any atom is -0.361 e. The molecule has 0 spiro atoms. The van der Waals surface area contributed by atoms with Gasteiger partial charge in [0.15, 0.2) is 0 Å². The highest BCUT2D eigenvalue weighted by molar-refractivity contribution is 6.14. The van der Waals surface area contributed by atoms with Crippen LogP contribution in [-0.2, 0) is 6.42 Å². The predicted molar refractivity (Wildman–Crippen MR) is 135 cm³/mol. The van der Waals surface area contributed by atoms with Crippen molar-refractivity contribution < 1.29 is 4.39 Å². The number of nitrogens with one attached hydrogen (secondary N) is 2. The van der Waals surface area contributed by atoms with Gasteiger partial charge in [-0.3, -0.25) is 4.99 Å². The summed E-state index contributed by atoms with van der Waals surface area (Å²) in [7, 11) is 0. The van der Waals surface area contributed by atoms with Crippen molar-refractivity contribution in [3.8, 4) is 22.4 Å². The molecule has 4 heteroatoms. The van der Waals surface area contributed by atoms with E-state index in [1.165, 1.54) is 33.4 Å². The van der Waals surface area contributed by atoms with Crippen LogP contribution < -0.4 is 0 Å². The van der Waals surface area contributed by atoms with Crippen molar-refractivity contribution in [1.82, 2.24) is 9.97 Å². The summed E-state index contributed by atoms with van der Waals surface area (Å²) in [6, 6.07) is 11.8. The molecule has 33 heavy (non-hydrogen) atoms. The van der Waals surface area contributed by atoms with E-state index < -0.39 is 0 Å². The lowest BCUT2D eigenvalue weighted by molar-refractivity contribution is 0.630. The summed E-state index contributed by atoms with van der Waals surface area (Å²) in [5.74, 6) is 0.0297. The van der Waals surface area contributed by atoms with Crippen molar-refractivity contribution in [3.05, 3.63) is 88.5 Å². The predicted octanol–water partition coefficient (Wildman–Crippen LogP) is 7.35. The lowest BCUT2D eigenvalue weighted by atomic mass is 9.88. The van der Waals surface area contributed by atoms with Crippen molar-refractivity contribution in [2.24, 2.45) is 4.99 Å². The lowest BCUT2D eigenvalue weighted by Gasteiger charge is -2.15. The second kappa shape index (κ2) is 7.45. The van der Waals surface area contributed by atoms with Crippen molar-refractivity contribution in [1.29, 1.82) is 0 Å². The first-order valence-electron chi connectivity index (χ1n) is 11.5. The Morgan fingerprint density at radius 1 is 1.09 bits per heavy atom. The molecule has 6 rings (SSSR count). The maximum Gasteiger partial charge on any atom is 0.125 e. The minimum absolute atomic E-state index is 0.234. The Kier molecular flexibility index (Phi) is 4.51. The summed E-state index contributed by atoms with van der Waals surface area (Å²) in [6.45, 7) is 7.33. The van der Waals surface area contributed by atoms with Gasteiger partial charge in [0, 0.05) is 40.3 Å². The van der Waals surface area contributed by atoms with E-state index in [-0.39, 0.29) is 11.7 Å². The maximum absolute atomic E-state index is 14.5. The van der Waals surface area contributed by atoms with Crippen LogP contribution in [0.15, 0.2) is 65.3 Å². The van der Waals surface area contributed by atoms with Crippen LogP contribution in [0.4, 0.5) is 4.39 Å². The molecule has 0 atom stereocenters. The largest absolute Gasteiger partial charge is 0.361 e. The monoisotopic (exact) mass is 435 g/mol. The molecule has 3 heterocycles. The number of benzene rings is 2. The quantitative estimate of drug-likeness (QED) is 0.337.